The molecule has 1 aromatic rings. The number of hydrogen-bond donors (Lipinski definition) is 1. The number of aromatic hydroxyl groups is 1. The number of benzene rings is 1. The molecule has 0 aliphatic rings. The molecule has 0 aromatic heterocycles. The average molecular weight is 330 g/mol. The molecular weight excluding hydrogens is 306 g/mol. The van der Waals surface area contributed by atoms with E-state index in [0.29, 0.717) is 6.61 Å². The topological polar surface area (TPSA) is 46.5 Å². The number of ether oxygens (including phenoxy) is 1. The predicted octanol–water partition coefficient (Wildman–Crippen LogP) is 4.30. The van der Waals surface area contributed by atoms with E-state index in [-0.39, 0.29) is 30.8 Å². The standard InChI is InChI=1S/C16H24O3.Zn/c1-2-3-4-5-6-7-10-13-19-16(18)14-11-8-9-12-15(14)17;/h8-9,11-12,17H,2-7,10,13H2,1H3;. The van der Waals surface area contributed by atoms with Crippen molar-refractivity contribution in [3.63, 3.8) is 0 Å². The molecule has 1 N–H and O–H groups in total. The van der Waals surface area contributed by atoms with Crippen molar-refractivity contribution < 1.29 is 34.1 Å². The number of unbranched alkanes of at least 4 members (excludes halogenated alkanes) is 6. The van der Waals surface area contributed by atoms with Crippen molar-refractivity contribution in [1.82, 2.24) is 0 Å². The van der Waals surface area contributed by atoms with E-state index in [0.717, 1.165) is 12.8 Å². The summed E-state index contributed by atoms with van der Waals surface area (Å²) in [6, 6.07) is 6.46. The quantitative estimate of drug-likeness (QED) is 0.417. The van der Waals surface area contributed by atoms with Crippen molar-refractivity contribution in [2.24, 2.45) is 0 Å². The van der Waals surface area contributed by atoms with Gasteiger partial charge in [-0.05, 0) is 18.6 Å². The minimum atomic E-state index is -0.441. The first kappa shape index (κ1) is 19.1. The van der Waals surface area contributed by atoms with Gasteiger partial charge in [-0.25, -0.2) is 4.79 Å². The van der Waals surface area contributed by atoms with Crippen LogP contribution in [0.2, 0.25) is 0 Å². The van der Waals surface area contributed by atoms with Gasteiger partial charge in [0.1, 0.15) is 11.3 Å². The zero-order chi connectivity index (χ0) is 13.9. The number of hydrogen-bond acceptors (Lipinski definition) is 3. The third kappa shape index (κ3) is 7.64. The van der Waals surface area contributed by atoms with Crippen LogP contribution in [0.25, 0.3) is 0 Å². The molecule has 3 nitrogen and oxygen atoms in total. The number of phenols is 1. The molecule has 0 amide bonds. The molecule has 108 valence electrons. The molecule has 4 heteroatoms. The third-order valence-electron chi connectivity index (χ3n) is 3.11. The van der Waals surface area contributed by atoms with Crippen LogP contribution >= 0.6 is 0 Å². The van der Waals surface area contributed by atoms with Crippen LogP contribution in [0, 0.1) is 0 Å². The second-order valence-corrected chi connectivity index (χ2v) is 4.77. The second kappa shape index (κ2) is 11.9. The number of para-hydroxylation sites is 1. The first-order chi connectivity index (χ1) is 9.25. The molecule has 1 rings (SSSR count). The van der Waals surface area contributed by atoms with E-state index in [1.807, 2.05) is 0 Å². The van der Waals surface area contributed by atoms with Crippen LogP contribution in [-0.2, 0) is 24.2 Å². The predicted molar refractivity (Wildman–Crippen MR) is 76.4 cm³/mol. The summed E-state index contributed by atoms with van der Waals surface area (Å²) in [5.41, 5.74) is 0.241. The number of carbonyl (C=O) groups is 1. The maximum Gasteiger partial charge on any atom is 0.341 e. The van der Waals surface area contributed by atoms with Crippen LogP contribution in [0.3, 0.4) is 0 Å². The fourth-order valence-electron chi connectivity index (χ4n) is 1.95. The van der Waals surface area contributed by atoms with E-state index in [2.05, 4.69) is 6.92 Å². The molecular formula is C16H24O3Zn. The van der Waals surface area contributed by atoms with Gasteiger partial charge in [0, 0.05) is 19.5 Å². The molecule has 0 aliphatic carbocycles. The van der Waals surface area contributed by atoms with Crippen molar-refractivity contribution in [3.8, 4) is 5.75 Å². The summed E-state index contributed by atoms with van der Waals surface area (Å²) in [7, 11) is 0. The van der Waals surface area contributed by atoms with Gasteiger partial charge in [0.05, 0.1) is 6.61 Å². The van der Waals surface area contributed by atoms with E-state index in [9.17, 15) is 9.90 Å². The Hall–Kier alpha value is -0.887. The Kier molecular flexibility index (Phi) is 11.4. The van der Waals surface area contributed by atoms with Gasteiger partial charge in [-0.1, -0.05) is 57.6 Å². The van der Waals surface area contributed by atoms with E-state index in [1.54, 1.807) is 18.2 Å². The smallest absolute Gasteiger partial charge is 0.341 e. The van der Waals surface area contributed by atoms with Crippen LogP contribution in [0.5, 0.6) is 5.75 Å². The van der Waals surface area contributed by atoms with E-state index >= 15 is 0 Å². The van der Waals surface area contributed by atoms with E-state index in [4.69, 9.17) is 4.74 Å². The van der Waals surface area contributed by atoms with Gasteiger partial charge in [0.2, 0.25) is 0 Å². The number of phenolic OH excluding ortho intramolecular Hbond substituents is 1. The average Bonchev–Trinajstić information content (AvgIpc) is 2.42. The van der Waals surface area contributed by atoms with Gasteiger partial charge in [-0.3, -0.25) is 0 Å². The maximum absolute atomic E-state index is 11.7. The normalized spacial score (nSPS) is 9.85. The monoisotopic (exact) mass is 328 g/mol. The van der Waals surface area contributed by atoms with Gasteiger partial charge < -0.3 is 9.84 Å². The van der Waals surface area contributed by atoms with Crippen LogP contribution in [0.4, 0.5) is 0 Å². The first-order valence-electron chi connectivity index (χ1n) is 7.20. The molecule has 0 bridgehead atoms. The summed E-state index contributed by atoms with van der Waals surface area (Å²) < 4.78 is 5.14. The van der Waals surface area contributed by atoms with Crippen molar-refractivity contribution in [2.75, 3.05) is 6.61 Å². The summed E-state index contributed by atoms with van der Waals surface area (Å²) in [4.78, 5) is 11.7. The van der Waals surface area contributed by atoms with E-state index < -0.39 is 5.97 Å². The van der Waals surface area contributed by atoms with E-state index in [1.165, 1.54) is 38.2 Å². The van der Waals surface area contributed by atoms with Crippen LogP contribution in [0.1, 0.15) is 62.2 Å². The van der Waals surface area contributed by atoms with Crippen molar-refractivity contribution in [1.29, 1.82) is 0 Å². The molecule has 0 unspecified atom stereocenters. The number of rotatable bonds is 9. The largest absolute Gasteiger partial charge is 0.507 e. The Morgan fingerprint density at radius 2 is 1.65 bits per heavy atom. The zero-order valence-corrected chi connectivity index (χ0v) is 15.4. The SMILES string of the molecule is CCCCCCCCCOC(=O)c1ccccc1O.[Zn]. The fourth-order valence-corrected chi connectivity index (χ4v) is 1.95. The minimum Gasteiger partial charge on any atom is -0.507 e. The summed E-state index contributed by atoms with van der Waals surface area (Å²) in [6.45, 7) is 2.64. The molecule has 0 atom stereocenters. The molecule has 0 radical (unpaired) electrons. The molecule has 0 fully saturated rings. The fraction of sp³-hybridized carbons (Fsp3) is 0.562. The van der Waals surface area contributed by atoms with Gasteiger partial charge in [0.25, 0.3) is 0 Å². The molecule has 0 aliphatic heterocycles. The Morgan fingerprint density at radius 3 is 2.30 bits per heavy atom. The second-order valence-electron chi connectivity index (χ2n) is 4.77. The Balaban J connectivity index is 0.00000361. The van der Waals surface area contributed by atoms with Crippen LogP contribution in [0.15, 0.2) is 24.3 Å². The van der Waals surface area contributed by atoms with Crippen molar-refractivity contribution in [3.05, 3.63) is 29.8 Å². The summed E-state index contributed by atoms with van der Waals surface area (Å²) >= 11 is 0. The minimum absolute atomic E-state index is 0. The van der Waals surface area contributed by atoms with Crippen molar-refractivity contribution in [2.45, 2.75) is 51.9 Å². The molecule has 20 heavy (non-hydrogen) atoms. The Labute approximate surface area is 134 Å². The molecule has 0 heterocycles. The van der Waals surface area contributed by atoms with Crippen LogP contribution in [-0.4, -0.2) is 17.7 Å². The molecule has 1 aromatic carbocycles. The third-order valence-corrected chi connectivity index (χ3v) is 3.11. The van der Waals surface area contributed by atoms with Gasteiger partial charge >= 0.3 is 5.97 Å². The molecule has 0 spiro atoms. The van der Waals surface area contributed by atoms with Crippen LogP contribution < -0.4 is 0 Å². The summed E-state index contributed by atoms with van der Waals surface area (Å²) in [5.74, 6) is -0.462. The maximum atomic E-state index is 11.7. The number of carbonyl (C=O) groups excluding carboxylic acids is 1. The molecule has 0 saturated carbocycles. The molecule has 0 saturated heterocycles. The van der Waals surface area contributed by atoms with Gasteiger partial charge in [0.15, 0.2) is 0 Å². The Morgan fingerprint density at radius 1 is 1.05 bits per heavy atom. The summed E-state index contributed by atoms with van der Waals surface area (Å²) in [5, 5.41) is 9.50. The van der Waals surface area contributed by atoms with Crippen molar-refractivity contribution >= 4 is 5.97 Å². The Bertz CT molecular complexity index is 380. The van der Waals surface area contributed by atoms with Gasteiger partial charge in [-0.15, -0.1) is 0 Å². The first-order valence-corrected chi connectivity index (χ1v) is 7.20. The summed E-state index contributed by atoms with van der Waals surface area (Å²) in [6.07, 6.45) is 8.33. The number of esters is 1. The van der Waals surface area contributed by atoms with Gasteiger partial charge in [-0.2, -0.15) is 0 Å². The zero-order valence-electron chi connectivity index (χ0n) is 12.4.